The molecule has 17 heavy (non-hydrogen) atoms. The maximum Gasteiger partial charge on any atom is 0.263 e. The molecule has 84 valence electrons. The van der Waals surface area contributed by atoms with Gasteiger partial charge in [0.2, 0.25) is 5.88 Å². The second-order valence-electron chi connectivity index (χ2n) is 3.79. The van der Waals surface area contributed by atoms with Gasteiger partial charge in [0.05, 0.1) is 5.69 Å². The monoisotopic (exact) mass is 226 g/mol. The van der Waals surface area contributed by atoms with Gasteiger partial charge in [0, 0.05) is 13.2 Å². The van der Waals surface area contributed by atoms with Crippen LogP contribution in [0.5, 0.6) is 11.6 Å². The molecule has 2 aromatic rings. The van der Waals surface area contributed by atoms with Gasteiger partial charge >= 0.3 is 0 Å². The smallest absolute Gasteiger partial charge is 0.263 e. The molecule has 0 saturated carbocycles. The molecule has 0 atom stereocenters. The number of rotatable bonds is 0. The van der Waals surface area contributed by atoms with E-state index < -0.39 is 0 Å². The molecule has 1 aliphatic rings. The van der Waals surface area contributed by atoms with Crippen molar-refractivity contribution in [1.82, 2.24) is 4.98 Å². The second-order valence-corrected chi connectivity index (χ2v) is 3.79. The first kappa shape index (κ1) is 9.84. The molecule has 0 bridgehead atoms. The number of pyridine rings is 1. The van der Waals surface area contributed by atoms with Crippen molar-refractivity contribution in [1.29, 1.82) is 0 Å². The van der Waals surface area contributed by atoms with Crippen molar-refractivity contribution in [2.24, 2.45) is 0 Å². The summed E-state index contributed by atoms with van der Waals surface area (Å²) in [5.74, 6) is 0.883. The highest BCUT2D eigenvalue weighted by atomic mass is 16.5. The molecular formula is C13H10N2O2. The van der Waals surface area contributed by atoms with Gasteiger partial charge in [0.25, 0.3) is 5.91 Å². The number of para-hydroxylation sites is 2. The lowest BCUT2D eigenvalue weighted by atomic mass is 10.2. The summed E-state index contributed by atoms with van der Waals surface area (Å²) in [5.41, 5.74) is 1.22. The fourth-order valence-corrected chi connectivity index (χ4v) is 1.85. The van der Waals surface area contributed by atoms with Crippen molar-refractivity contribution < 1.29 is 9.53 Å². The summed E-state index contributed by atoms with van der Waals surface area (Å²) in [6, 6.07) is 10.8. The largest absolute Gasteiger partial charge is 0.436 e. The van der Waals surface area contributed by atoms with Crippen LogP contribution < -0.4 is 9.64 Å². The minimum absolute atomic E-state index is 0.113. The van der Waals surface area contributed by atoms with Crippen molar-refractivity contribution >= 4 is 11.6 Å². The highest BCUT2D eigenvalue weighted by molar-refractivity contribution is 6.08. The number of anilines is 1. The van der Waals surface area contributed by atoms with Crippen LogP contribution in [0.15, 0.2) is 42.6 Å². The first-order chi connectivity index (χ1) is 8.27. The van der Waals surface area contributed by atoms with E-state index in [-0.39, 0.29) is 5.91 Å². The van der Waals surface area contributed by atoms with Crippen molar-refractivity contribution in [2.75, 3.05) is 11.9 Å². The van der Waals surface area contributed by atoms with Crippen LogP contribution in [0.25, 0.3) is 0 Å². The van der Waals surface area contributed by atoms with Crippen LogP contribution in [0.4, 0.5) is 5.69 Å². The van der Waals surface area contributed by atoms with Gasteiger partial charge in [0.15, 0.2) is 5.75 Å². The highest BCUT2D eigenvalue weighted by Gasteiger charge is 2.25. The highest BCUT2D eigenvalue weighted by Crippen LogP contribution is 2.36. The lowest BCUT2D eigenvalue weighted by molar-refractivity contribution is 0.0992. The van der Waals surface area contributed by atoms with Crippen LogP contribution in [0.1, 0.15) is 10.4 Å². The topological polar surface area (TPSA) is 42.4 Å². The molecule has 0 unspecified atom stereocenters. The quantitative estimate of drug-likeness (QED) is 0.693. The first-order valence-electron chi connectivity index (χ1n) is 5.27. The molecule has 3 rings (SSSR count). The summed E-state index contributed by atoms with van der Waals surface area (Å²) in [5, 5.41) is 0. The first-order valence-corrected chi connectivity index (χ1v) is 5.27. The number of hydrogen-bond donors (Lipinski definition) is 0. The van der Waals surface area contributed by atoms with Crippen LogP contribution in [-0.4, -0.2) is 17.9 Å². The van der Waals surface area contributed by atoms with Gasteiger partial charge in [-0.05, 0) is 24.3 Å². The van der Waals surface area contributed by atoms with Gasteiger partial charge in [-0.1, -0.05) is 12.1 Å². The summed E-state index contributed by atoms with van der Waals surface area (Å²) in [4.78, 5) is 17.9. The number of ether oxygens (including phenoxy) is 1. The summed E-state index contributed by atoms with van der Waals surface area (Å²) < 4.78 is 5.67. The van der Waals surface area contributed by atoms with Crippen LogP contribution >= 0.6 is 0 Å². The summed E-state index contributed by atoms with van der Waals surface area (Å²) in [6.45, 7) is 0. The molecule has 0 spiro atoms. The fourth-order valence-electron chi connectivity index (χ4n) is 1.85. The van der Waals surface area contributed by atoms with Gasteiger partial charge in [0.1, 0.15) is 5.56 Å². The Morgan fingerprint density at radius 3 is 2.88 bits per heavy atom. The zero-order valence-electron chi connectivity index (χ0n) is 9.25. The predicted octanol–water partition coefficient (Wildman–Crippen LogP) is 2.46. The van der Waals surface area contributed by atoms with E-state index in [4.69, 9.17) is 4.74 Å². The number of carbonyl (C=O) groups is 1. The van der Waals surface area contributed by atoms with Crippen LogP contribution in [-0.2, 0) is 0 Å². The molecule has 1 aliphatic heterocycles. The summed E-state index contributed by atoms with van der Waals surface area (Å²) in [6.07, 6.45) is 1.61. The minimum atomic E-state index is -0.113. The molecule has 0 aliphatic carbocycles. The van der Waals surface area contributed by atoms with E-state index in [0.29, 0.717) is 17.2 Å². The van der Waals surface area contributed by atoms with E-state index >= 15 is 0 Å². The minimum Gasteiger partial charge on any atom is -0.436 e. The Kier molecular flexibility index (Phi) is 2.08. The lowest BCUT2D eigenvalue weighted by Crippen LogP contribution is -2.25. The molecule has 0 saturated heterocycles. The average Bonchev–Trinajstić information content (AvgIpc) is 2.48. The van der Waals surface area contributed by atoms with E-state index in [0.717, 1.165) is 5.69 Å². The van der Waals surface area contributed by atoms with E-state index in [1.807, 2.05) is 24.3 Å². The van der Waals surface area contributed by atoms with Crippen molar-refractivity contribution in [3.8, 4) is 11.6 Å². The lowest BCUT2D eigenvalue weighted by Gasteiger charge is -2.15. The van der Waals surface area contributed by atoms with Crippen LogP contribution in [0, 0.1) is 0 Å². The third-order valence-corrected chi connectivity index (χ3v) is 2.74. The molecular weight excluding hydrogens is 216 g/mol. The Morgan fingerprint density at radius 2 is 2.00 bits per heavy atom. The van der Waals surface area contributed by atoms with E-state index in [1.54, 1.807) is 30.3 Å². The number of fused-ring (bicyclic) bond motifs is 2. The van der Waals surface area contributed by atoms with Crippen molar-refractivity contribution in [2.45, 2.75) is 0 Å². The molecule has 0 fully saturated rings. The van der Waals surface area contributed by atoms with Gasteiger partial charge in [-0.15, -0.1) is 0 Å². The summed E-state index contributed by atoms with van der Waals surface area (Å²) in [7, 11) is 1.73. The Bertz CT molecular complexity index is 595. The van der Waals surface area contributed by atoms with Gasteiger partial charge in [-0.2, -0.15) is 0 Å². The standard InChI is InChI=1S/C13H10N2O2/c1-15-10-6-2-3-7-11(10)17-12-9(13(15)16)5-4-8-14-12/h2-8H,1H3. The Balaban J connectivity index is 2.24. The number of hydrogen-bond acceptors (Lipinski definition) is 3. The van der Waals surface area contributed by atoms with Gasteiger partial charge < -0.3 is 9.64 Å². The molecule has 0 radical (unpaired) electrons. The number of aromatic nitrogens is 1. The van der Waals surface area contributed by atoms with Crippen LogP contribution in [0.3, 0.4) is 0 Å². The fraction of sp³-hybridized carbons (Fsp3) is 0.0769. The maximum atomic E-state index is 12.2. The Morgan fingerprint density at radius 1 is 1.18 bits per heavy atom. The number of nitrogens with zero attached hydrogens (tertiary/aromatic N) is 2. The molecule has 0 N–H and O–H groups in total. The number of benzene rings is 1. The van der Waals surface area contributed by atoms with Gasteiger partial charge in [-0.3, -0.25) is 4.79 Å². The molecule has 4 heteroatoms. The number of amides is 1. The maximum absolute atomic E-state index is 12.2. The van der Waals surface area contributed by atoms with Crippen molar-refractivity contribution in [3.63, 3.8) is 0 Å². The zero-order valence-corrected chi connectivity index (χ0v) is 9.25. The molecule has 4 nitrogen and oxygen atoms in total. The SMILES string of the molecule is CN1C(=O)c2cccnc2Oc2ccccc21. The molecule has 1 amide bonds. The average molecular weight is 226 g/mol. The zero-order chi connectivity index (χ0) is 11.8. The molecule has 2 heterocycles. The van der Waals surface area contributed by atoms with E-state index in [2.05, 4.69) is 4.98 Å². The molecule has 1 aromatic carbocycles. The van der Waals surface area contributed by atoms with Gasteiger partial charge in [-0.25, -0.2) is 4.98 Å². The van der Waals surface area contributed by atoms with E-state index in [9.17, 15) is 4.79 Å². The van der Waals surface area contributed by atoms with E-state index in [1.165, 1.54) is 0 Å². The van der Waals surface area contributed by atoms with Crippen LogP contribution in [0.2, 0.25) is 0 Å². The number of carbonyl (C=O) groups excluding carboxylic acids is 1. The summed E-state index contributed by atoms with van der Waals surface area (Å²) >= 11 is 0. The Labute approximate surface area is 98.5 Å². The normalized spacial score (nSPS) is 13.5. The third kappa shape index (κ3) is 1.45. The Hall–Kier alpha value is -2.36. The third-order valence-electron chi connectivity index (χ3n) is 2.74. The second kappa shape index (κ2) is 3.59. The van der Waals surface area contributed by atoms with Crippen molar-refractivity contribution in [3.05, 3.63) is 48.2 Å². The predicted molar refractivity (Wildman–Crippen MR) is 63.5 cm³/mol. The molecule has 1 aromatic heterocycles.